The van der Waals surface area contributed by atoms with Gasteiger partial charge in [-0.15, -0.1) is 0 Å². The first-order valence-electron chi connectivity index (χ1n) is 7.52. The standard InChI is InChI=1S/C17H23N3O3/c1-17(2,3)13-8-6-12(7-9-13)10-18(4)11-20-15(22)14(21)19(5)16(20)23/h6-9H,10-11H2,1-5H3. The Bertz CT molecular complexity index is 631. The van der Waals surface area contributed by atoms with E-state index in [1.54, 1.807) is 7.05 Å². The summed E-state index contributed by atoms with van der Waals surface area (Å²) in [6.45, 7) is 7.15. The molecule has 0 spiro atoms. The molecule has 1 fully saturated rings. The Morgan fingerprint density at radius 3 is 2.00 bits per heavy atom. The third-order valence-corrected chi connectivity index (χ3v) is 3.91. The maximum atomic E-state index is 11.9. The average molecular weight is 317 g/mol. The average Bonchev–Trinajstić information content (AvgIpc) is 2.65. The molecule has 0 unspecified atom stereocenters. The van der Waals surface area contributed by atoms with Gasteiger partial charge in [0.25, 0.3) is 0 Å². The van der Waals surface area contributed by atoms with Crippen LogP contribution in [0.15, 0.2) is 24.3 Å². The molecule has 0 bridgehead atoms. The van der Waals surface area contributed by atoms with Gasteiger partial charge in [-0.1, -0.05) is 45.0 Å². The summed E-state index contributed by atoms with van der Waals surface area (Å²) in [6.07, 6.45) is 0. The summed E-state index contributed by atoms with van der Waals surface area (Å²) in [5.74, 6) is -1.55. The summed E-state index contributed by atoms with van der Waals surface area (Å²) in [5, 5.41) is 0. The van der Waals surface area contributed by atoms with Crippen molar-refractivity contribution in [3.8, 4) is 0 Å². The molecule has 0 aromatic heterocycles. The Balaban J connectivity index is 2.00. The second-order valence-electron chi connectivity index (χ2n) is 6.98. The minimum atomic E-state index is -0.780. The van der Waals surface area contributed by atoms with E-state index < -0.39 is 17.8 Å². The highest BCUT2D eigenvalue weighted by atomic mass is 16.2. The van der Waals surface area contributed by atoms with Crippen molar-refractivity contribution in [2.75, 3.05) is 20.8 Å². The fourth-order valence-corrected chi connectivity index (χ4v) is 2.45. The highest BCUT2D eigenvalue weighted by Crippen LogP contribution is 2.22. The first-order chi connectivity index (χ1) is 10.6. The summed E-state index contributed by atoms with van der Waals surface area (Å²) < 4.78 is 0. The Hall–Kier alpha value is -2.21. The number of imide groups is 2. The molecule has 6 nitrogen and oxygen atoms in total. The molecular formula is C17H23N3O3. The number of amides is 4. The largest absolute Gasteiger partial charge is 0.335 e. The minimum Gasteiger partial charge on any atom is -0.284 e. The molecule has 1 aromatic rings. The van der Waals surface area contributed by atoms with Gasteiger partial charge >= 0.3 is 17.8 Å². The smallest absolute Gasteiger partial charge is 0.284 e. The van der Waals surface area contributed by atoms with Gasteiger partial charge in [-0.2, -0.15) is 0 Å². The molecule has 124 valence electrons. The number of carbonyl (C=O) groups is 3. The Kier molecular flexibility index (Phi) is 4.56. The molecule has 4 amide bonds. The van der Waals surface area contributed by atoms with Crippen molar-refractivity contribution in [2.24, 2.45) is 0 Å². The Morgan fingerprint density at radius 2 is 1.57 bits per heavy atom. The number of urea groups is 1. The van der Waals surface area contributed by atoms with Crippen molar-refractivity contribution in [3.63, 3.8) is 0 Å². The highest BCUT2D eigenvalue weighted by Gasteiger charge is 2.42. The molecule has 1 aliphatic heterocycles. The van der Waals surface area contributed by atoms with Crippen LogP contribution in [0.4, 0.5) is 4.79 Å². The summed E-state index contributed by atoms with van der Waals surface area (Å²) in [5.41, 5.74) is 2.43. The SMILES string of the molecule is CN(Cc1ccc(C(C)(C)C)cc1)CN1C(=O)C(=O)N(C)C1=O. The van der Waals surface area contributed by atoms with Gasteiger partial charge in [-0.3, -0.25) is 19.4 Å². The van der Waals surface area contributed by atoms with Crippen molar-refractivity contribution in [2.45, 2.75) is 32.7 Å². The van der Waals surface area contributed by atoms with Crippen LogP contribution < -0.4 is 0 Å². The van der Waals surface area contributed by atoms with Crippen LogP contribution >= 0.6 is 0 Å². The van der Waals surface area contributed by atoms with E-state index in [2.05, 4.69) is 32.9 Å². The van der Waals surface area contributed by atoms with E-state index in [1.807, 2.05) is 17.0 Å². The molecule has 1 saturated heterocycles. The lowest BCUT2D eigenvalue weighted by Crippen LogP contribution is -2.40. The Morgan fingerprint density at radius 1 is 1.00 bits per heavy atom. The van der Waals surface area contributed by atoms with Crippen LogP contribution in [0.3, 0.4) is 0 Å². The summed E-state index contributed by atoms with van der Waals surface area (Å²) in [6, 6.07) is 7.69. The van der Waals surface area contributed by atoms with Gasteiger partial charge in [0.05, 0.1) is 6.67 Å². The lowest BCUT2D eigenvalue weighted by molar-refractivity contribution is -0.143. The first kappa shape index (κ1) is 17.1. The quantitative estimate of drug-likeness (QED) is 0.627. The van der Waals surface area contributed by atoms with E-state index >= 15 is 0 Å². The van der Waals surface area contributed by atoms with E-state index in [0.717, 1.165) is 15.4 Å². The zero-order chi connectivity index (χ0) is 17.4. The fraction of sp³-hybridized carbons (Fsp3) is 0.471. The highest BCUT2D eigenvalue weighted by molar-refractivity contribution is 6.44. The molecule has 23 heavy (non-hydrogen) atoms. The zero-order valence-electron chi connectivity index (χ0n) is 14.3. The normalized spacial score (nSPS) is 16.0. The number of benzene rings is 1. The molecule has 1 aromatic carbocycles. The van der Waals surface area contributed by atoms with Gasteiger partial charge in [0, 0.05) is 13.6 Å². The fourth-order valence-electron chi connectivity index (χ4n) is 2.45. The van der Waals surface area contributed by atoms with Gasteiger partial charge in [0.2, 0.25) is 0 Å². The summed E-state index contributed by atoms with van der Waals surface area (Å²) in [7, 11) is 3.12. The summed E-state index contributed by atoms with van der Waals surface area (Å²) in [4.78, 5) is 38.7. The molecule has 1 aliphatic rings. The van der Waals surface area contributed by atoms with Crippen molar-refractivity contribution in [1.82, 2.24) is 14.7 Å². The van der Waals surface area contributed by atoms with Crippen LogP contribution in [0, 0.1) is 0 Å². The first-order valence-corrected chi connectivity index (χ1v) is 7.52. The van der Waals surface area contributed by atoms with Gasteiger partial charge in [0.1, 0.15) is 0 Å². The number of hydrogen-bond acceptors (Lipinski definition) is 4. The molecule has 1 heterocycles. The van der Waals surface area contributed by atoms with Crippen LogP contribution in [0.5, 0.6) is 0 Å². The van der Waals surface area contributed by atoms with Gasteiger partial charge in [0.15, 0.2) is 0 Å². The van der Waals surface area contributed by atoms with Crippen molar-refractivity contribution >= 4 is 17.8 Å². The molecule has 0 N–H and O–H groups in total. The number of rotatable bonds is 4. The minimum absolute atomic E-state index is 0.0920. The number of hydrogen-bond donors (Lipinski definition) is 0. The van der Waals surface area contributed by atoms with Gasteiger partial charge in [-0.05, 0) is 23.6 Å². The topological polar surface area (TPSA) is 60.9 Å². The molecule has 0 atom stereocenters. The molecule has 0 saturated carbocycles. The van der Waals surface area contributed by atoms with E-state index in [1.165, 1.54) is 12.6 Å². The van der Waals surface area contributed by atoms with Gasteiger partial charge < -0.3 is 0 Å². The number of likely N-dealkylation sites (N-methyl/N-ethyl adjacent to an activating group) is 1. The van der Waals surface area contributed by atoms with E-state index in [4.69, 9.17) is 0 Å². The number of carbonyl (C=O) groups excluding carboxylic acids is 3. The number of nitrogens with zero attached hydrogens (tertiary/aromatic N) is 3. The van der Waals surface area contributed by atoms with Crippen molar-refractivity contribution in [3.05, 3.63) is 35.4 Å². The van der Waals surface area contributed by atoms with Gasteiger partial charge in [-0.25, -0.2) is 9.69 Å². The Labute approximate surface area is 136 Å². The monoisotopic (exact) mass is 317 g/mol. The molecule has 6 heteroatoms. The van der Waals surface area contributed by atoms with Crippen LogP contribution in [0.25, 0.3) is 0 Å². The third-order valence-electron chi connectivity index (χ3n) is 3.91. The second kappa shape index (κ2) is 6.12. The lowest BCUT2D eigenvalue weighted by Gasteiger charge is -2.23. The van der Waals surface area contributed by atoms with E-state index in [9.17, 15) is 14.4 Å². The molecule has 0 radical (unpaired) electrons. The summed E-state index contributed by atoms with van der Waals surface area (Å²) >= 11 is 0. The maximum Gasteiger partial charge on any atom is 0.335 e. The van der Waals surface area contributed by atoms with E-state index in [0.29, 0.717) is 6.54 Å². The zero-order valence-corrected chi connectivity index (χ0v) is 14.3. The predicted molar refractivity (Wildman–Crippen MR) is 86.5 cm³/mol. The lowest BCUT2D eigenvalue weighted by atomic mass is 9.87. The van der Waals surface area contributed by atoms with Crippen molar-refractivity contribution in [1.29, 1.82) is 0 Å². The predicted octanol–water partition coefficient (Wildman–Crippen LogP) is 1.79. The molecular weight excluding hydrogens is 294 g/mol. The molecule has 0 aliphatic carbocycles. The van der Waals surface area contributed by atoms with Crippen LogP contribution in [0.2, 0.25) is 0 Å². The van der Waals surface area contributed by atoms with Crippen LogP contribution in [0.1, 0.15) is 31.9 Å². The maximum absolute atomic E-state index is 11.9. The third kappa shape index (κ3) is 3.59. The molecule has 2 rings (SSSR count). The second-order valence-corrected chi connectivity index (χ2v) is 6.98. The van der Waals surface area contributed by atoms with Crippen LogP contribution in [-0.2, 0) is 21.5 Å². The van der Waals surface area contributed by atoms with Crippen LogP contribution in [-0.4, -0.2) is 53.3 Å². The van der Waals surface area contributed by atoms with E-state index in [-0.39, 0.29) is 12.1 Å². The van der Waals surface area contributed by atoms with Crippen molar-refractivity contribution < 1.29 is 14.4 Å².